The molecule has 0 aromatic heterocycles. The van der Waals surface area contributed by atoms with Crippen molar-refractivity contribution in [1.82, 2.24) is 0 Å². The summed E-state index contributed by atoms with van der Waals surface area (Å²) in [6.07, 6.45) is 0.561. The van der Waals surface area contributed by atoms with Gasteiger partial charge < -0.3 is 4.84 Å². The summed E-state index contributed by atoms with van der Waals surface area (Å²) in [5.41, 5.74) is 1.06. The Labute approximate surface area is 87.5 Å². The van der Waals surface area contributed by atoms with Crippen molar-refractivity contribution in [2.24, 2.45) is 5.16 Å². The molecule has 4 nitrogen and oxygen atoms in total. The molecule has 0 N–H and O–H groups in total. The Bertz CT molecular complexity index is 410. The van der Waals surface area contributed by atoms with Gasteiger partial charge in [-0.3, -0.25) is 9.59 Å². The summed E-state index contributed by atoms with van der Waals surface area (Å²) in [6, 6.07) is 6.77. The molecule has 0 bridgehead atoms. The highest BCUT2D eigenvalue weighted by Gasteiger charge is 2.11. The van der Waals surface area contributed by atoms with Crippen LogP contribution in [0.3, 0.4) is 0 Å². The van der Waals surface area contributed by atoms with E-state index in [1.165, 1.54) is 14.0 Å². The van der Waals surface area contributed by atoms with Gasteiger partial charge >= 0.3 is 0 Å². The summed E-state index contributed by atoms with van der Waals surface area (Å²) in [5.74, 6) is -0.115. The van der Waals surface area contributed by atoms with E-state index < -0.39 is 0 Å². The van der Waals surface area contributed by atoms with Crippen molar-refractivity contribution in [3.05, 3.63) is 35.4 Å². The van der Waals surface area contributed by atoms with Crippen molar-refractivity contribution >= 4 is 17.8 Å². The van der Waals surface area contributed by atoms with E-state index in [9.17, 15) is 9.59 Å². The van der Waals surface area contributed by atoms with Gasteiger partial charge in [0.25, 0.3) is 0 Å². The van der Waals surface area contributed by atoms with Crippen LogP contribution in [0.5, 0.6) is 0 Å². The average Bonchev–Trinajstić information content (AvgIpc) is 2.26. The molecule has 1 rings (SSSR count). The molecule has 4 heteroatoms. The maximum atomic E-state index is 11.3. The van der Waals surface area contributed by atoms with E-state index >= 15 is 0 Å². The number of ketones is 1. The minimum Gasteiger partial charge on any atom is -0.399 e. The van der Waals surface area contributed by atoms with Gasteiger partial charge in [-0.25, -0.2) is 0 Å². The second kappa shape index (κ2) is 5.05. The van der Waals surface area contributed by atoms with Gasteiger partial charge in [0.15, 0.2) is 12.1 Å². The van der Waals surface area contributed by atoms with Gasteiger partial charge in [-0.05, 0) is 6.92 Å². The molecule has 0 spiro atoms. The molecule has 0 fully saturated rings. The molecule has 0 atom stereocenters. The molecule has 0 heterocycles. The summed E-state index contributed by atoms with van der Waals surface area (Å²) < 4.78 is 0. The Morgan fingerprint density at radius 3 is 2.40 bits per heavy atom. The van der Waals surface area contributed by atoms with Crippen LogP contribution >= 0.6 is 0 Å². The van der Waals surface area contributed by atoms with Crippen LogP contribution < -0.4 is 0 Å². The van der Waals surface area contributed by atoms with Crippen LogP contribution in [-0.2, 0) is 9.63 Å². The first-order valence-electron chi connectivity index (χ1n) is 4.37. The highest BCUT2D eigenvalue weighted by atomic mass is 16.6. The zero-order valence-electron chi connectivity index (χ0n) is 8.56. The van der Waals surface area contributed by atoms with Gasteiger partial charge in [-0.15, -0.1) is 0 Å². The number of carbonyl (C=O) groups excluding carboxylic acids is 2. The second-order valence-corrected chi connectivity index (χ2v) is 2.88. The number of carbonyl (C=O) groups is 2. The van der Waals surface area contributed by atoms with E-state index in [0.717, 1.165) is 0 Å². The number of benzene rings is 1. The molecule has 1 aromatic carbocycles. The average molecular weight is 205 g/mol. The fourth-order valence-corrected chi connectivity index (χ4v) is 1.25. The predicted molar refractivity (Wildman–Crippen MR) is 56.1 cm³/mol. The summed E-state index contributed by atoms with van der Waals surface area (Å²) in [4.78, 5) is 26.6. The van der Waals surface area contributed by atoms with Gasteiger partial charge in [-0.1, -0.05) is 29.4 Å². The summed E-state index contributed by atoms with van der Waals surface area (Å²) >= 11 is 0. The Balaban J connectivity index is 3.29. The van der Waals surface area contributed by atoms with Crippen LogP contribution in [0.15, 0.2) is 29.4 Å². The molecule has 1 aromatic rings. The summed E-state index contributed by atoms with van der Waals surface area (Å²) in [5, 5.41) is 3.55. The fraction of sp³-hybridized carbons (Fsp3) is 0.182. The fourth-order valence-electron chi connectivity index (χ4n) is 1.25. The lowest BCUT2D eigenvalue weighted by atomic mass is 10.0. The molecule has 0 saturated carbocycles. The predicted octanol–water partition coefficient (Wildman–Crippen LogP) is 1.44. The lowest BCUT2D eigenvalue weighted by molar-refractivity contribution is -0.102. The molecule has 0 aliphatic rings. The van der Waals surface area contributed by atoms with Crippen molar-refractivity contribution in [2.45, 2.75) is 6.92 Å². The van der Waals surface area contributed by atoms with E-state index in [2.05, 4.69) is 9.99 Å². The van der Waals surface area contributed by atoms with E-state index in [1.807, 2.05) is 0 Å². The maximum Gasteiger partial charge on any atom is 0.172 e. The lowest BCUT2D eigenvalue weighted by Crippen LogP contribution is -2.09. The minimum absolute atomic E-state index is 0.114. The number of oxime groups is 1. The van der Waals surface area contributed by atoms with Gasteiger partial charge in [0, 0.05) is 11.1 Å². The Morgan fingerprint density at radius 1 is 1.33 bits per heavy atom. The van der Waals surface area contributed by atoms with E-state index in [4.69, 9.17) is 0 Å². The molecule has 0 aliphatic carbocycles. The van der Waals surface area contributed by atoms with Gasteiger partial charge in [0.2, 0.25) is 0 Å². The highest BCUT2D eigenvalue weighted by Crippen LogP contribution is 2.10. The zero-order chi connectivity index (χ0) is 11.3. The van der Waals surface area contributed by atoms with Gasteiger partial charge in [0.05, 0.1) is 0 Å². The third kappa shape index (κ3) is 2.49. The quantitative estimate of drug-likeness (QED) is 0.323. The number of hydrogen-bond acceptors (Lipinski definition) is 4. The number of Topliss-reactive ketones (excluding diaryl/α,β-unsaturated/α-hetero) is 1. The van der Waals surface area contributed by atoms with Crippen LogP contribution in [0.1, 0.15) is 22.8 Å². The molecule has 78 valence electrons. The molecule has 15 heavy (non-hydrogen) atoms. The van der Waals surface area contributed by atoms with Crippen LogP contribution in [0, 0.1) is 0 Å². The SMILES string of the molecule is CO/N=C(/C=O)c1ccccc1C(C)=O. The van der Waals surface area contributed by atoms with Crippen molar-refractivity contribution < 1.29 is 14.4 Å². The number of nitrogens with zero attached hydrogens (tertiary/aromatic N) is 1. The summed E-state index contributed by atoms with van der Waals surface area (Å²) in [6.45, 7) is 1.44. The Hall–Kier alpha value is -1.97. The van der Waals surface area contributed by atoms with Crippen molar-refractivity contribution in [1.29, 1.82) is 0 Å². The molecule has 0 aliphatic heterocycles. The number of rotatable bonds is 4. The van der Waals surface area contributed by atoms with Crippen LogP contribution in [0.4, 0.5) is 0 Å². The van der Waals surface area contributed by atoms with Crippen LogP contribution in [-0.4, -0.2) is 24.9 Å². The standard InChI is InChI=1S/C11H11NO3/c1-8(14)9-5-3-4-6-10(9)11(7-13)12-15-2/h3-7H,1-2H3/b12-11-. The van der Waals surface area contributed by atoms with Crippen molar-refractivity contribution in [3.63, 3.8) is 0 Å². The molecule has 0 unspecified atom stereocenters. The third-order valence-corrected chi connectivity index (χ3v) is 1.88. The molecular formula is C11H11NO3. The van der Waals surface area contributed by atoms with Crippen molar-refractivity contribution in [3.8, 4) is 0 Å². The smallest absolute Gasteiger partial charge is 0.172 e. The molecule has 0 amide bonds. The topological polar surface area (TPSA) is 55.7 Å². The summed E-state index contributed by atoms with van der Waals surface area (Å²) in [7, 11) is 1.35. The zero-order valence-corrected chi connectivity index (χ0v) is 8.56. The first-order chi connectivity index (χ1) is 7.20. The van der Waals surface area contributed by atoms with E-state index in [-0.39, 0.29) is 11.5 Å². The highest BCUT2D eigenvalue weighted by molar-refractivity contribution is 6.37. The maximum absolute atomic E-state index is 11.3. The Morgan fingerprint density at radius 2 is 1.93 bits per heavy atom. The molecular weight excluding hydrogens is 194 g/mol. The van der Waals surface area contributed by atoms with Gasteiger partial charge in [0.1, 0.15) is 12.8 Å². The molecule has 0 radical (unpaired) electrons. The van der Waals surface area contributed by atoms with E-state index in [1.54, 1.807) is 24.3 Å². The van der Waals surface area contributed by atoms with Crippen LogP contribution in [0.25, 0.3) is 0 Å². The van der Waals surface area contributed by atoms with Gasteiger partial charge in [-0.2, -0.15) is 0 Å². The first kappa shape index (κ1) is 11.1. The number of aldehydes is 1. The second-order valence-electron chi connectivity index (χ2n) is 2.88. The van der Waals surface area contributed by atoms with Crippen molar-refractivity contribution in [2.75, 3.05) is 7.11 Å². The minimum atomic E-state index is -0.115. The third-order valence-electron chi connectivity index (χ3n) is 1.88. The largest absolute Gasteiger partial charge is 0.399 e. The lowest BCUT2D eigenvalue weighted by Gasteiger charge is -2.03. The van der Waals surface area contributed by atoms with E-state index in [0.29, 0.717) is 17.4 Å². The first-order valence-corrected chi connectivity index (χ1v) is 4.37. The monoisotopic (exact) mass is 205 g/mol. The number of hydrogen-bond donors (Lipinski definition) is 0. The Kier molecular flexibility index (Phi) is 3.74. The molecule has 0 saturated heterocycles. The normalized spacial score (nSPS) is 10.9. The van der Waals surface area contributed by atoms with Crippen LogP contribution in [0.2, 0.25) is 0 Å².